The average molecular weight is 384 g/mol. The summed E-state index contributed by atoms with van der Waals surface area (Å²) in [5.74, 6) is -1.51. The summed E-state index contributed by atoms with van der Waals surface area (Å²) in [6.07, 6.45) is 2.38. The third-order valence-electron chi connectivity index (χ3n) is 3.72. The molecule has 0 spiro atoms. The first-order valence-electron chi connectivity index (χ1n) is 8.22. The van der Waals surface area contributed by atoms with Crippen molar-refractivity contribution in [2.24, 2.45) is 7.05 Å². The van der Waals surface area contributed by atoms with Crippen molar-refractivity contribution in [1.29, 1.82) is 0 Å². The summed E-state index contributed by atoms with van der Waals surface area (Å²) in [4.78, 5) is 35.4. The van der Waals surface area contributed by atoms with E-state index in [9.17, 15) is 19.7 Å². The maximum atomic E-state index is 12.7. The molecule has 0 atom stereocenters. The number of aryl methyl sites for hydroxylation is 1. The number of ether oxygens (including phenoxy) is 1. The molecule has 0 aliphatic rings. The quantitative estimate of drug-likeness (QED) is 0.390. The minimum atomic E-state index is -0.851. The van der Waals surface area contributed by atoms with E-state index in [0.717, 1.165) is 10.9 Å². The van der Waals surface area contributed by atoms with Gasteiger partial charge in [0, 0.05) is 7.05 Å². The van der Waals surface area contributed by atoms with Crippen LogP contribution in [0.15, 0.2) is 42.7 Å². The first-order valence-corrected chi connectivity index (χ1v) is 8.22. The van der Waals surface area contributed by atoms with Crippen LogP contribution in [0.1, 0.15) is 27.8 Å². The summed E-state index contributed by atoms with van der Waals surface area (Å²) >= 11 is 0. The first-order chi connectivity index (χ1) is 13.4. The Bertz CT molecular complexity index is 1040. The second-order valence-corrected chi connectivity index (χ2v) is 5.62. The molecule has 1 N–H and O–H groups in total. The summed E-state index contributed by atoms with van der Waals surface area (Å²) in [5.41, 5.74) is -0.256. The minimum Gasteiger partial charge on any atom is -0.462 e. The van der Waals surface area contributed by atoms with Gasteiger partial charge in [-0.1, -0.05) is 18.2 Å². The van der Waals surface area contributed by atoms with Crippen LogP contribution in [0, 0.1) is 10.1 Å². The summed E-state index contributed by atoms with van der Waals surface area (Å²) in [7, 11) is 1.46. The number of hydrogen-bond acceptors (Lipinski definition) is 7. The number of nitro groups is 1. The number of nitrogens with zero attached hydrogens (tertiary/aromatic N) is 5. The normalized spacial score (nSPS) is 10.5. The standard InChI is InChI=1S/C17H16N6O5/c1-3-28-17(25)12-9-18-22(11-7-5-4-6-8-11)15(12)19-16(24)14-13(23(26)27)10-21(2)20-14/h4-10H,3H2,1-2H3,(H,19,24). The van der Waals surface area contributed by atoms with E-state index in [1.807, 2.05) is 0 Å². The van der Waals surface area contributed by atoms with E-state index >= 15 is 0 Å². The van der Waals surface area contributed by atoms with Gasteiger partial charge in [0.15, 0.2) is 5.82 Å². The van der Waals surface area contributed by atoms with Crippen molar-refractivity contribution in [1.82, 2.24) is 19.6 Å². The monoisotopic (exact) mass is 384 g/mol. The zero-order chi connectivity index (χ0) is 20.3. The molecule has 28 heavy (non-hydrogen) atoms. The number of carbonyl (C=O) groups is 2. The fraction of sp³-hybridized carbons (Fsp3) is 0.176. The van der Waals surface area contributed by atoms with Gasteiger partial charge in [-0.15, -0.1) is 0 Å². The lowest BCUT2D eigenvalue weighted by Crippen LogP contribution is -2.19. The van der Waals surface area contributed by atoms with Crippen LogP contribution in [-0.2, 0) is 11.8 Å². The van der Waals surface area contributed by atoms with Crippen molar-refractivity contribution >= 4 is 23.4 Å². The Hall–Kier alpha value is -4.02. The molecule has 144 valence electrons. The van der Waals surface area contributed by atoms with Gasteiger partial charge in [0.2, 0.25) is 5.69 Å². The van der Waals surface area contributed by atoms with Gasteiger partial charge in [0.25, 0.3) is 5.91 Å². The Balaban J connectivity index is 2.04. The van der Waals surface area contributed by atoms with E-state index in [1.54, 1.807) is 37.3 Å². The Morgan fingerprint density at radius 2 is 2.00 bits per heavy atom. The maximum absolute atomic E-state index is 12.7. The van der Waals surface area contributed by atoms with E-state index in [-0.39, 0.29) is 23.7 Å². The molecule has 1 amide bonds. The highest BCUT2D eigenvalue weighted by Crippen LogP contribution is 2.24. The van der Waals surface area contributed by atoms with Gasteiger partial charge in [-0.3, -0.25) is 19.6 Å². The number of carbonyl (C=O) groups excluding carboxylic acids is 2. The molecule has 3 aromatic rings. The van der Waals surface area contributed by atoms with Crippen LogP contribution in [0.4, 0.5) is 11.5 Å². The molecule has 2 heterocycles. The van der Waals surface area contributed by atoms with Gasteiger partial charge < -0.3 is 10.1 Å². The van der Waals surface area contributed by atoms with Gasteiger partial charge in [0.1, 0.15) is 11.8 Å². The highest BCUT2D eigenvalue weighted by molar-refractivity contribution is 6.08. The molecule has 0 saturated heterocycles. The largest absolute Gasteiger partial charge is 0.462 e. The van der Waals surface area contributed by atoms with Crippen LogP contribution >= 0.6 is 0 Å². The Morgan fingerprint density at radius 1 is 1.29 bits per heavy atom. The fourth-order valence-electron chi connectivity index (χ4n) is 2.53. The molecule has 11 heteroatoms. The first kappa shape index (κ1) is 18.8. The molecule has 0 unspecified atom stereocenters. The van der Waals surface area contributed by atoms with Crippen LogP contribution in [0.3, 0.4) is 0 Å². The maximum Gasteiger partial charge on any atom is 0.343 e. The topological polar surface area (TPSA) is 134 Å². The van der Waals surface area contributed by atoms with Crippen LogP contribution in [0.2, 0.25) is 0 Å². The predicted molar refractivity (Wildman–Crippen MR) is 97.3 cm³/mol. The van der Waals surface area contributed by atoms with Crippen molar-refractivity contribution < 1.29 is 19.2 Å². The lowest BCUT2D eigenvalue weighted by molar-refractivity contribution is -0.385. The summed E-state index contributed by atoms with van der Waals surface area (Å²) in [5, 5.41) is 21.7. The molecule has 0 aliphatic carbocycles. The van der Waals surface area contributed by atoms with Crippen molar-refractivity contribution in [2.75, 3.05) is 11.9 Å². The van der Waals surface area contributed by atoms with Gasteiger partial charge in [-0.05, 0) is 19.1 Å². The molecule has 0 saturated carbocycles. The molecule has 0 aliphatic heterocycles. The lowest BCUT2D eigenvalue weighted by Gasteiger charge is -2.10. The summed E-state index contributed by atoms with van der Waals surface area (Å²) in [6.45, 7) is 1.78. The highest BCUT2D eigenvalue weighted by atomic mass is 16.6. The highest BCUT2D eigenvalue weighted by Gasteiger charge is 2.28. The summed E-state index contributed by atoms with van der Waals surface area (Å²) < 4.78 is 7.49. The minimum absolute atomic E-state index is 0.0117. The van der Waals surface area contributed by atoms with Crippen molar-refractivity contribution in [2.45, 2.75) is 6.92 Å². The van der Waals surface area contributed by atoms with Crippen molar-refractivity contribution in [3.63, 3.8) is 0 Å². The average Bonchev–Trinajstić information content (AvgIpc) is 3.26. The fourth-order valence-corrected chi connectivity index (χ4v) is 2.53. The molecular formula is C17H16N6O5. The third-order valence-corrected chi connectivity index (χ3v) is 3.72. The van der Waals surface area contributed by atoms with Gasteiger partial charge in [-0.25, -0.2) is 9.48 Å². The van der Waals surface area contributed by atoms with E-state index in [1.165, 1.54) is 17.9 Å². The molecule has 2 aromatic heterocycles. The number of hydrogen-bond donors (Lipinski definition) is 1. The SMILES string of the molecule is CCOC(=O)c1cnn(-c2ccccc2)c1NC(=O)c1nn(C)cc1[N+](=O)[O-]. The number of esters is 1. The van der Waals surface area contributed by atoms with Crippen LogP contribution in [0.25, 0.3) is 5.69 Å². The van der Waals surface area contributed by atoms with Gasteiger partial charge in [-0.2, -0.15) is 10.2 Å². The molecule has 0 bridgehead atoms. The molecule has 0 fully saturated rings. The van der Waals surface area contributed by atoms with Crippen LogP contribution in [0.5, 0.6) is 0 Å². The number of benzene rings is 1. The number of aromatic nitrogens is 4. The smallest absolute Gasteiger partial charge is 0.343 e. The Kier molecular flexibility index (Phi) is 5.16. The molecule has 3 rings (SSSR count). The molecular weight excluding hydrogens is 368 g/mol. The van der Waals surface area contributed by atoms with Crippen molar-refractivity contribution in [3.8, 4) is 5.69 Å². The predicted octanol–water partition coefficient (Wildman–Crippen LogP) is 1.94. The zero-order valence-corrected chi connectivity index (χ0v) is 15.0. The summed E-state index contributed by atoms with van der Waals surface area (Å²) in [6, 6.07) is 8.77. The number of para-hydroxylation sites is 1. The molecule has 11 nitrogen and oxygen atoms in total. The van der Waals surface area contributed by atoms with Crippen LogP contribution < -0.4 is 5.32 Å². The Labute approximate surface area is 158 Å². The second kappa shape index (κ2) is 7.70. The third kappa shape index (κ3) is 3.58. The van der Waals surface area contributed by atoms with Gasteiger partial charge in [0.05, 0.1) is 23.4 Å². The number of nitrogens with one attached hydrogen (secondary N) is 1. The van der Waals surface area contributed by atoms with E-state index in [2.05, 4.69) is 15.5 Å². The van der Waals surface area contributed by atoms with E-state index in [0.29, 0.717) is 5.69 Å². The van der Waals surface area contributed by atoms with E-state index < -0.39 is 22.5 Å². The second-order valence-electron chi connectivity index (χ2n) is 5.62. The number of anilines is 1. The van der Waals surface area contributed by atoms with Crippen molar-refractivity contribution in [3.05, 3.63) is 64.1 Å². The number of amides is 1. The van der Waals surface area contributed by atoms with Crippen LogP contribution in [-0.4, -0.2) is 43.0 Å². The number of rotatable bonds is 6. The van der Waals surface area contributed by atoms with Gasteiger partial charge >= 0.3 is 11.7 Å². The Morgan fingerprint density at radius 3 is 2.64 bits per heavy atom. The zero-order valence-electron chi connectivity index (χ0n) is 15.0. The molecule has 1 aromatic carbocycles. The molecule has 0 radical (unpaired) electrons. The lowest BCUT2D eigenvalue weighted by atomic mass is 10.3. The van der Waals surface area contributed by atoms with E-state index in [4.69, 9.17) is 4.74 Å².